The molecule has 2 fully saturated rings. The predicted octanol–water partition coefficient (Wildman–Crippen LogP) is 1.14. The highest BCUT2D eigenvalue weighted by Gasteiger charge is 2.38. The maximum atomic E-state index is 13.4. The molecule has 34 heavy (non-hydrogen) atoms. The number of hydrazone groups is 1. The van der Waals surface area contributed by atoms with Crippen LogP contribution in [0.1, 0.15) is 26.3 Å². The Labute approximate surface area is 202 Å². The van der Waals surface area contributed by atoms with Crippen LogP contribution in [-0.2, 0) is 19.6 Å². The summed E-state index contributed by atoms with van der Waals surface area (Å²) < 4.78 is 36.5. The van der Waals surface area contributed by atoms with E-state index in [2.05, 4.69) is 25.2 Å². The highest BCUT2D eigenvalue weighted by molar-refractivity contribution is 8.12. The summed E-state index contributed by atoms with van der Waals surface area (Å²) in [4.78, 5) is 16.6. The first-order chi connectivity index (χ1) is 16.2. The van der Waals surface area contributed by atoms with E-state index in [0.717, 1.165) is 11.1 Å². The first-order valence-corrected chi connectivity index (χ1v) is 13.7. The quantitative estimate of drug-likeness (QED) is 0.597. The maximum Gasteiger partial charge on any atom is 0.241 e. The number of ether oxygens (including phenoxy) is 1. The summed E-state index contributed by atoms with van der Waals surface area (Å²) in [6.07, 6.45) is 1.77. The number of carbonyl (C=O) groups is 1. The van der Waals surface area contributed by atoms with Crippen LogP contribution in [-0.4, -0.2) is 79.5 Å². The SMILES string of the molecule is CC(C)C(=O)N1CCN(c2cc(S(=O)(=O)NC3(C)COC3)cc3c2cnn3C2NN=CS2)CC1. The molecule has 11 nitrogen and oxygen atoms in total. The van der Waals surface area contributed by atoms with Gasteiger partial charge < -0.3 is 14.5 Å². The number of nitrogens with zero attached hydrogens (tertiary/aromatic N) is 5. The number of thioether (sulfide) groups is 1. The van der Waals surface area contributed by atoms with Gasteiger partial charge in [-0.1, -0.05) is 25.6 Å². The Bertz CT molecular complexity index is 1220. The van der Waals surface area contributed by atoms with E-state index in [1.54, 1.807) is 28.6 Å². The summed E-state index contributed by atoms with van der Waals surface area (Å²) in [5.41, 5.74) is 5.30. The van der Waals surface area contributed by atoms with Crippen LogP contribution in [0.4, 0.5) is 5.69 Å². The lowest BCUT2D eigenvalue weighted by molar-refractivity contribution is -0.134. The van der Waals surface area contributed by atoms with Crippen molar-refractivity contribution < 1.29 is 17.9 Å². The van der Waals surface area contributed by atoms with Gasteiger partial charge in [0.05, 0.1) is 40.9 Å². The lowest BCUT2D eigenvalue weighted by Gasteiger charge is -2.38. The lowest BCUT2D eigenvalue weighted by atomic mass is 10.0. The number of anilines is 1. The van der Waals surface area contributed by atoms with Gasteiger partial charge in [0.25, 0.3) is 0 Å². The van der Waals surface area contributed by atoms with Crippen molar-refractivity contribution in [2.75, 3.05) is 44.3 Å². The Morgan fingerprint density at radius 2 is 2.00 bits per heavy atom. The topological polar surface area (TPSA) is 121 Å². The first kappa shape index (κ1) is 23.4. The normalized spacial score (nSPS) is 22.3. The molecule has 0 aliphatic carbocycles. The van der Waals surface area contributed by atoms with Crippen LogP contribution in [0.3, 0.4) is 0 Å². The molecule has 1 aromatic heterocycles. The van der Waals surface area contributed by atoms with E-state index >= 15 is 0 Å². The summed E-state index contributed by atoms with van der Waals surface area (Å²) in [7, 11) is -3.81. The molecule has 5 rings (SSSR count). The van der Waals surface area contributed by atoms with E-state index in [1.807, 2.05) is 25.7 Å². The number of nitrogens with one attached hydrogen (secondary N) is 2. The Morgan fingerprint density at radius 3 is 2.59 bits per heavy atom. The number of hydrogen-bond donors (Lipinski definition) is 2. The van der Waals surface area contributed by atoms with Crippen molar-refractivity contribution in [3.63, 3.8) is 0 Å². The third kappa shape index (κ3) is 4.25. The number of aromatic nitrogens is 2. The van der Waals surface area contributed by atoms with Crippen LogP contribution in [0, 0.1) is 5.92 Å². The number of amides is 1. The fourth-order valence-electron chi connectivity index (χ4n) is 4.41. The third-order valence-electron chi connectivity index (χ3n) is 6.28. The number of carbonyl (C=O) groups excluding carboxylic acids is 1. The van der Waals surface area contributed by atoms with Crippen LogP contribution in [0.2, 0.25) is 0 Å². The van der Waals surface area contributed by atoms with Gasteiger partial charge in [-0.2, -0.15) is 10.2 Å². The van der Waals surface area contributed by atoms with E-state index in [4.69, 9.17) is 4.74 Å². The summed E-state index contributed by atoms with van der Waals surface area (Å²) in [6, 6.07) is 3.38. The Kier molecular flexibility index (Phi) is 5.99. The van der Waals surface area contributed by atoms with Gasteiger partial charge in [-0.05, 0) is 19.1 Å². The Balaban J connectivity index is 1.52. The van der Waals surface area contributed by atoms with Crippen molar-refractivity contribution in [1.82, 2.24) is 24.8 Å². The summed E-state index contributed by atoms with van der Waals surface area (Å²) in [5, 5.41) is 9.46. The summed E-state index contributed by atoms with van der Waals surface area (Å²) in [5.74, 6) is 0.0879. The van der Waals surface area contributed by atoms with Crippen LogP contribution >= 0.6 is 11.8 Å². The molecule has 1 atom stereocenters. The predicted molar refractivity (Wildman–Crippen MR) is 131 cm³/mol. The molecule has 0 radical (unpaired) electrons. The zero-order valence-corrected chi connectivity index (χ0v) is 21.0. The first-order valence-electron chi connectivity index (χ1n) is 11.3. The highest BCUT2D eigenvalue weighted by atomic mass is 32.2. The standard InChI is InChI=1S/C21H29N7O4S2/c1-14(2)19(29)27-6-4-26(5-7-27)17-8-15(34(30,31)25-21(3)11-32-12-21)9-18-16(17)10-23-28(18)20-24-22-13-33-20/h8-10,13-14,20,24-25H,4-7,11-12H2,1-3H3. The fraction of sp³-hybridized carbons (Fsp3) is 0.571. The minimum Gasteiger partial charge on any atom is -0.377 e. The molecule has 2 aromatic rings. The molecule has 0 saturated carbocycles. The molecule has 2 saturated heterocycles. The van der Waals surface area contributed by atoms with Crippen molar-refractivity contribution >= 4 is 49.8 Å². The number of benzene rings is 1. The third-order valence-corrected chi connectivity index (χ3v) is 8.68. The smallest absolute Gasteiger partial charge is 0.241 e. The van der Waals surface area contributed by atoms with Crippen molar-refractivity contribution in [2.45, 2.75) is 36.7 Å². The minimum absolute atomic E-state index is 0.0495. The molecule has 1 aromatic carbocycles. The minimum atomic E-state index is -3.81. The van der Waals surface area contributed by atoms with Gasteiger partial charge in [0.1, 0.15) is 0 Å². The van der Waals surface area contributed by atoms with Crippen molar-refractivity contribution in [3.8, 4) is 0 Å². The van der Waals surface area contributed by atoms with Crippen molar-refractivity contribution in [2.24, 2.45) is 11.0 Å². The fourth-order valence-corrected chi connectivity index (χ4v) is 6.47. The zero-order chi connectivity index (χ0) is 24.1. The lowest BCUT2D eigenvalue weighted by Crippen LogP contribution is -2.59. The maximum absolute atomic E-state index is 13.4. The second kappa shape index (κ2) is 8.70. The van der Waals surface area contributed by atoms with E-state index in [9.17, 15) is 13.2 Å². The largest absolute Gasteiger partial charge is 0.377 e. The van der Waals surface area contributed by atoms with Crippen LogP contribution < -0.4 is 15.0 Å². The number of sulfonamides is 1. The van der Waals surface area contributed by atoms with Gasteiger partial charge in [-0.25, -0.2) is 17.8 Å². The second-order valence-electron chi connectivity index (χ2n) is 9.44. The highest BCUT2D eigenvalue weighted by Crippen LogP contribution is 2.35. The number of piperazine rings is 1. The monoisotopic (exact) mass is 507 g/mol. The van der Waals surface area contributed by atoms with E-state index in [1.165, 1.54) is 11.8 Å². The second-order valence-corrected chi connectivity index (χ2v) is 12.1. The van der Waals surface area contributed by atoms with Gasteiger partial charge in [0.2, 0.25) is 15.9 Å². The summed E-state index contributed by atoms with van der Waals surface area (Å²) >= 11 is 1.46. The number of fused-ring (bicyclic) bond motifs is 1. The Hall–Kier alpha value is -2.35. The molecule has 13 heteroatoms. The molecular formula is C21H29N7O4S2. The molecule has 0 spiro atoms. The molecule has 0 bridgehead atoms. The molecular weight excluding hydrogens is 478 g/mol. The van der Waals surface area contributed by atoms with E-state index in [0.29, 0.717) is 44.9 Å². The van der Waals surface area contributed by atoms with Crippen molar-refractivity contribution in [3.05, 3.63) is 18.3 Å². The van der Waals surface area contributed by atoms with Gasteiger partial charge in [-0.3, -0.25) is 10.2 Å². The molecule has 3 aliphatic rings. The van der Waals surface area contributed by atoms with Crippen LogP contribution in [0.15, 0.2) is 28.3 Å². The summed E-state index contributed by atoms with van der Waals surface area (Å²) in [6.45, 7) is 8.72. The van der Waals surface area contributed by atoms with Gasteiger partial charge in [-0.15, -0.1) is 0 Å². The molecule has 184 valence electrons. The Morgan fingerprint density at radius 1 is 1.26 bits per heavy atom. The van der Waals surface area contributed by atoms with Gasteiger partial charge in [0, 0.05) is 43.2 Å². The van der Waals surface area contributed by atoms with Crippen LogP contribution in [0.25, 0.3) is 10.9 Å². The van der Waals surface area contributed by atoms with E-state index < -0.39 is 15.6 Å². The molecule has 4 heterocycles. The van der Waals surface area contributed by atoms with Gasteiger partial charge >= 0.3 is 0 Å². The molecule has 1 amide bonds. The molecule has 1 unspecified atom stereocenters. The van der Waals surface area contributed by atoms with Crippen LogP contribution in [0.5, 0.6) is 0 Å². The molecule has 2 N–H and O–H groups in total. The average molecular weight is 508 g/mol. The number of rotatable bonds is 6. The van der Waals surface area contributed by atoms with E-state index in [-0.39, 0.29) is 22.2 Å². The number of hydrogen-bond acceptors (Lipinski definition) is 9. The van der Waals surface area contributed by atoms with Gasteiger partial charge in [0.15, 0.2) is 5.50 Å². The molecule has 3 aliphatic heterocycles. The zero-order valence-electron chi connectivity index (χ0n) is 19.4. The average Bonchev–Trinajstić information content (AvgIpc) is 3.46. The van der Waals surface area contributed by atoms with Crippen molar-refractivity contribution in [1.29, 1.82) is 0 Å².